The number of aromatic carboxylic acids is 1. The van der Waals surface area contributed by atoms with E-state index in [0.717, 1.165) is 0 Å². The van der Waals surface area contributed by atoms with E-state index in [2.05, 4.69) is 10.3 Å². The zero-order chi connectivity index (χ0) is 13.8. The number of aromatic nitrogens is 1. The molecule has 0 aromatic carbocycles. The van der Waals surface area contributed by atoms with Crippen molar-refractivity contribution in [2.75, 3.05) is 0 Å². The molecule has 1 amide bonds. The van der Waals surface area contributed by atoms with Crippen molar-refractivity contribution < 1.29 is 14.7 Å². The molecule has 0 aliphatic carbocycles. The van der Waals surface area contributed by atoms with Crippen LogP contribution in [0.15, 0.2) is 18.2 Å². The standard InChI is InChI=1S/C12H17N3O3/c1-12(2,6-10(13)16)14-7-8-4-3-5-9(15-8)11(17)18/h3-5,14H,6-7H2,1-2H3,(H2,13,16)(H,17,18). The number of nitrogens with zero attached hydrogens (tertiary/aromatic N) is 1. The van der Waals surface area contributed by atoms with E-state index in [0.29, 0.717) is 12.2 Å². The monoisotopic (exact) mass is 251 g/mol. The van der Waals surface area contributed by atoms with Crippen LogP contribution in [0.2, 0.25) is 0 Å². The number of nitrogens with two attached hydrogens (primary N) is 1. The average Bonchev–Trinajstić information content (AvgIpc) is 2.25. The normalized spacial score (nSPS) is 11.2. The maximum Gasteiger partial charge on any atom is 0.354 e. The Bertz CT molecular complexity index is 458. The van der Waals surface area contributed by atoms with Crippen LogP contribution in [0, 0.1) is 0 Å². The number of carbonyl (C=O) groups excluding carboxylic acids is 1. The van der Waals surface area contributed by atoms with Gasteiger partial charge in [0.25, 0.3) is 0 Å². The first kappa shape index (κ1) is 14.1. The van der Waals surface area contributed by atoms with Crippen molar-refractivity contribution in [1.82, 2.24) is 10.3 Å². The Hall–Kier alpha value is -1.95. The number of hydrogen-bond donors (Lipinski definition) is 3. The number of rotatable bonds is 6. The molecule has 0 spiro atoms. The Kier molecular flexibility index (Phi) is 4.38. The molecule has 4 N–H and O–H groups in total. The lowest BCUT2D eigenvalue weighted by molar-refractivity contribution is -0.119. The number of hydrogen-bond acceptors (Lipinski definition) is 4. The minimum absolute atomic E-state index is 0.00186. The molecule has 1 rings (SSSR count). The van der Waals surface area contributed by atoms with Crippen molar-refractivity contribution in [2.24, 2.45) is 5.73 Å². The number of nitrogens with one attached hydrogen (secondary N) is 1. The van der Waals surface area contributed by atoms with E-state index in [1.54, 1.807) is 12.1 Å². The number of carboxylic acid groups (broad SMARTS) is 1. The summed E-state index contributed by atoms with van der Waals surface area (Å²) in [6.45, 7) is 4.07. The van der Waals surface area contributed by atoms with Gasteiger partial charge in [0.05, 0.1) is 5.69 Å². The van der Waals surface area contributed by atoms with Crippen LogP contribution in [-0.2, 0) is 11.3 Å². The summed E-state index contributed by atoms with van der Waals surface area (Å²) in [7, 11) is 0. The molecule has 0 bridgehead atoms. The molecule has 0 saturated carbocycles. The van der Waals surface area contributed by atoms with Crippen molar-refractivity contribution in [2.45, 2.75) is 32.4 Å². The van der Waals surface area contributed by atoms with E-state index < -0.39 is 11.5 Å². The topological polar surface area (TPSA) is 105 Å². The molecule has 0 radical (unpaired) electrons. The van der Waals surface area contributed by atoms with Crippen LogP contribution in [0.4, 0.5) is 0 Å². The van der Waals surface area contributed by atoms with Crippen molar-refractivity contribution in [3.05, 3.63) is 29.6 Å². The van der Waals surface area contributed by atoms with Gasteiger partial charge in [-0.15, -0.1) is 0 Å². The van der Waals surface area contributed by atoms with Crippen molar-refractivity contribution in [3.8, 4) is 0 Å². The van der Waals surface area contributed by atoms with Crippen LogP contribution in [0.3, 0.4) is 0 Å². The van der Waals surface area contributed by atoms with Gasteiger partial charge >= 0.3 is 5.97 Å². The highest BCUT2D eigenvalue weighted by Gasteiger charge is 2.19. The molecule has 0 aliphatic rings. The molecule has 0 fully saturated rings. The first-order chi connectivity index (χ1) is 8.30. The molecule has 1 aromatic heterocycles. The van der Waals surface area contributed by atoms with E-state index >= 15 is 0 Å². The van der Waals surface area contributed by atoms with E-state index in [4.69, 9.17) is 10.8 Å². The van der Waals surface area contributed by atoms with Crippen LogP contribution in [0.25, 0.3) is 0 Å². The fraction of sp³-hybridized carbons (Fsp3) is 0.417. The lowest BCUT2D eigenvalue weighted by atomic mass is 10.0. The smallest absolute Gasteiger partial charge is 0.354 e. The van der Waals surface area contributed by atoms with Crippen LogP contribution in [0.5, 0.6) is 0 Å². The minimum atomic E-state index is -1.06. The summed E-state index contributed by atoms with van der Waals surface area (Å²) in [5.41, 5.74) is 5.29. The van der Waals surface area contributed by atoms with Crippen molar-refractivity contribution in [1.29, 1.82) is 0 Å². The lowest BCUT2D eigenvalue weighted by Crippen LogP contribution is -2.42. The summed E-state index contributed by atoms with van der Waals surface area (Å²) in [5, 5.41) is 11.9. The van der Waals surface area contributed by atoms with Gasteiger partial charge in [0.2, 0.25) is 5.91 Å². The quantitative estimate of drug-likeness (QED) is 0.683. The largest absolute Gasteiger partial charge is 0.477 e. The molecular formula is C12H17N3O3. The SMILES string of the molecule is CC(C)(CC(N)=O)NCc1cccc(C(=O)O)n1. The third-order valence-corrected chi connectivity index (χ3v) is 2.39. The molecule has 0 aliphatic heterocycles. The number of amides is 1. The van der Waals surface area contributed by atoms with E-state index in [1.165, 1.54) is 6.07 Å². The molecule has 0 unspecified atom stereocenters. The summed E-state index contributed by atoms with van der Waals surface area (Å²) < 4.78 is 0. The van der Waals surface area contributed by atoms with Crippen molar-refractivity contribution in [3.63, 3.8) is 0 Å². The number of carbonyl (C=O) groups is 2. The highest BCUT2D eigenvalue weighted by atomic mass is 16.4. The third-order valence-electron chi connectivity index (χ3n) is 2.39. The van der Waals surface area contributed by atoms with Crippen LogP contribution >= 0.6 is 0 Å². The van der Waals surface area contributed by atoms with E-state index in [-0.39, 0.29) is 18.0 Å². The number of pyridine rings is 1. The molecule has 0 atom stereocenters. The summed E-state index contributed by atoms with van der Waals surface area (Å²) in [4.78, 5) is 25.6. The summed E-state index contributed by atoms with van der Waals surface area (Å²) >= 11 is 0. The predicted molar refractivity (Wildman–Crippen MR) is 65.9 cm³/mol. The zero-order valence-electron chi connectivity index (χ0n) is 10.4. The molecule has 1 heterocycles. The second-order valence-electron chi connectivity index (χ2n) is 4.70. The Balaban J connectivity index is 2.66. The van der Waals surface area contributed by atoms with Gasteiger partial charge < -0.3 is 16.2 Å². The average molecular weight is 251 g/mol. The van der Waals surface area contributed by atoms with Crippen molar-refractivity contribution >= 4 is 11.9 Å². The molecule has 6 nitrogen and oxygen atoms in total. The van der Waals surface area contributed by atoms with Gasteiger partial charge in [-0.2, -0.15) is 0 Å². The molecule has 0 saturated heterocycles. The molecule has 98 valence electrons. The molecular weight excluding hydrogens is 234 g/mol. The molecule has 6 heteroatoms. The Morgan fingerprint density at radius 3 is 2.67 bits per heavy atom. The maximum absolute atomic E-state index is 10.9. The first-order valence-electron chi connectivity index (χ1n) is 5.53. The first-order valence-corrected chi connectivity index (χ1v) is 5.53. The maximum atomic E-state index is 10.9. The molecule has 1 aromatic rings. The Morgan fingerprint density at radius 1 is 1.44 bits per heavy atom. The fourth-order valence-corrected chi connectivity index (χ4v) is 1.53. The second-order valence-corrected chi connectivity index (χ2v) is 4.70. The summed E-state index contributed by atoms with van der Waals surface area (Å²) in [6, 6.07) is 4.79. The predicted octanol–water partition coefficient (Wildman–Crippen LogP) is 0.523. The minimum Gasteiger partial charge on any atom is -0.477 e. The van der Waals surface area contributed by atoms with Gasteiger partial charge in [-0.3, -0.25) is 4.79 Å². The van der Waals surface area contributed by atoms with Crippen LogP contribution in [0.1, 0.15) is 36.5 Å². The van der Waals surface area contributed by atoms with Crippen LogP contribution < -0.4 is 11.1 Å². The van der Waals surface area contributed by atoms with Gasteiger partial charge in [0.15, 0.2) is 0 Å². The fourth-order valence-electron chi connectivity index (χ4n) is 1.53. The Morgan fingerprint density at radius 2 is 2.11 bits per heavy atom. The summed E-state index contributed by atoms with van der Waals surface area (Å²) in [5.74, 6) is -1.45. The van der Waals surface area contributed by atoms with Gasteiger partial charge in [-0.25, -0.2) is 9.78 Å². The highest BCUT2D eigenvalue weighted by Crippen LogP contribution is 2.09. The Labute approximate surface area is 105 Å². The van der Waals surface area contributed by atoms with Gasteiger partial charge in [0, 0.05) is 18.5 Å². The third kappa shape index (κ3) is 4.50. The zero-order valence-corrected chi connectivity index (χ0v) is 10.4. The van der Waals surface area contributed by atoms with Gasteiger partial charge in [-0.1, -0.05) is 6.07 Å². The van der Waals surface area contributed by atoms with Gasteiger partial charge in [-0.05, 0) is 26.0 Å². The number of primary amides is 1. The summed E-state index contributed by atoms with van der Waals surface area (Å²) in [6.07, 6.45) is 0.200. The van der Waals surface area contributed by atoms with E-state index in [9.17, 15) is 9.59 Å². The number of carboxylic acids is 1. The van der Waals surface area contributed by atoms with Gasteiger partial charge in [0.1, 0.15) is 5.69 Å². The highest BCUT2D eigenvalue weighted by molar-refractivity contribution is 5.85. The second kappa shape index (κ2) is 5.59. The van der Waals surface area contributed by atoms with E-state index in [1.807, 2.05) is 13.8 Å². The molecule has 18 heavy (non-hydrogen) atoms. The van der Waals surface area contributed by atoms with Crippen LogP contribution in [-0.4, -0.2) is 27.5 Å². The lowest BCUT2D eigenvalue weighted by Gasteiger charge is -2.24.